The van der Waals surface area contributed by atoms with Crippen LogP contribution in [0, 0.1) is 5.92 Å². The number of benzene rings is 2. The second kappa shape index (κ2) is 9.87. The van der Waals surface area contributed by atoms with Crippen LogP contribution in [0.4, 0.5) is 11.4 Å². The molecule has 176 valence electrons. The summed E-state index contributed by atoms with van der Waals surface area (Å²) < 4.78 is 27.7. The fourth-order valence-corrected chi connectivity index (χ4v) is 6.66. The molecular formula is C24H29N3O4S2. The molecule has 0 bridgehead atoms. The normalized spacial score (nSPS) is 19.3. The zero-order valence-corrected chi connectivity index (χ0v) is 20.5. The number of aryl methyl sites for hydroxylation is 1. The van der Waals surface area contributed by atoms with Crippen LogP contribution in [0.15, 0.2) is 52.3 Å². The summed E-state index contributed by atoms with van der Waals surface area (Å²) in [6, 6.07) is 12.5. The Bertz CT molecular complexity index is 1140. The number of hydrogen-bond acceptors (Lipinski definition) is 5. The average Bonchev–Trinajstić information content (AvgIpc) is 3.34. The minimum Gasteiger partial charge on any atom is -0.325 e. The van der Waals surface area contributed by atoms with Crippen LogP contribution in [0.2, 0.25) is 0 Å². The highest BCUT2D eigenvalue weighted by molar-refractivity contribution is 7.99. The quantitative estimate of drug-likeness (QED) is 0.671. The molecule has 2 aromatic carbocycles. The van der Waals surface area contributed by atoms with E-state index in [0.29, 0.717) is 30.2 Å². The van der Waals surface area contributed by atoms with Crippen molar-refractivity contribution in [3.8, 4) is 0 Å². The second-order valence-corrected chi connectivity index (χ2v) is 11.5. The van der Waals surface area contributed by atoms with Gasteiger partial charge in [-0.05, 0) is 55.2 Å². The monoisotopic (exact) mass is 487 g/mol. The van der Waals surface area contributed by atoms with Gasteiger partial charge in [0.1, 0.15) is 6.54 Å². The fourth-order valence-electron chi connectivity index (χ4n) is 4.07. The second-order valence-electron chi connectivity index (χ2n) is 8.48. The van der Waals surface area contributed by atoms with E-state index in [1.54, 1.807) is 18.2 Å². The molecule has 2 aliphatic rings. The number of nitrogens with one attached hydrogen (secondary N) is 1. The van der Waals surface area contributed by atoms with Crippen LogP contribution in [0.1, 0.15) is 32.3 Å². The van der Waals surface area contributed by atoms with Crippen molar-refractivity contribution < 1.29 is 18.0 Å². The van der Waals surface area contributed by atoms with Crippen LogP contribution < -0.4 is 10.2 Å². The number of thioether (sulfide) groups is 1. The Hall–Kier alpha value is -2.36. The lowest BCUT2D eigenvalue weighted by Gasteiger charge is -2.25. The molecule has 0 radical (unpaired) electrons. The third-order valence-electron chi connectivity index (χ3n) is 6.05. The van der Waals surface area contributed by atoms with Crippen LogP contribution in [-0.4, -0.2) is 49.9 Å². The van der Waals surface area contributed by atoms with E-state index in [-0.39, 0.29) is 29.2 Å². The Morgan fingerprint density at radius 1 is 1.12 bits per heavy atom. The first-order chi connectivity index (χ1) is 15.8. The van der Waals surface area contributed by atoms with Gasteiger partial charge in [0.15, 0.2) is 0 Å². The van der Waals surface area contributed by atoms with Crippen molar-refractivity contribution in [2.75, 3.05) is 35.6 Å². The third-order valence-corrected chi connectivity index (χ3v) is 9.27. The first-order valence-electron chi connectivity index (χ1n) is 11.3. The molecule has 33 heavy (non-hydrogen) atoms. The summed E-state index contributed by atoms with van der Waals surface area (Å²) in [5, 5.41) is 2.85. The largest absolute Gasteiger partial charge is 0.325 e. The van der Waals surface area contributed by atoms with E-state index in [2.05, 4.69) is 12.2 Å². The summed E-state index contributed by atoms with van der Waals surface area (Å²) in [5.41, 5.74) is 2.31. The van der Waals surface area contributed by atoms with E-state index in [1.165, 1.54) is 26.5 Å². The van der Waals surface area contributed by atoms with Gasteiger partial charge in [0.05, 0.1) is 10.6 Å². The molecule has 0 saturated carbocycles. The first kappa shape index (κ1) is 23.8. The van der Waals surface area contributed by atoms with Crippen LogP contribution in [-0.2, 0) is 26.0 Å². The molecule has 2 amide bonds. The molecule has 1 fully saturated rings. The molecule has 0 aliphatic carbocycles. The van der Waals surface area contributed by atoms with Gasteiger partial charge in [-0.25, -0.2) is 8.42 Å². The highest BCUT2D eigenvalue weighted by atomic mass is 32.2. The van der Waals surface area contributed by atoms with Crippen LogP contribution in [0.3, 0.4) is 0 Å². The molecule has 0 aromatic heterocycles. The molecule has 2 heterocycles. The van der Waals surface area contributed by atoms with Gasteiger partial charge in [-0.2, -0.15) is 4.31 Å². The van der Waals surface area contributed by atoms with Crippen molar-refractivity contribution in [3.63, 3.8) is 0 Å². The van der Waals surface area contributed by atoms with Crippen molar-refractivity contribution >= 4 is 45.0 Å². The van der Waals surface area contributed by atoms with Gasteiger partial charge >= 0.3 is 0 Å². The van der Waals surface area contributed by atoms with Gasteiger partial charge in [0, 0.05) is 35.3 Å². The maximum absolute atomic E-state index is 13.2. The van der Waals surface area contributed by atoms with E-state index < -0.39 is 10.0 Å². The smallest absolute Gasteiger partial charge is 0.244 e. The number of carbonyl (C=O) groups excluding carboxylic acids is 2. The van der Waals surface area contributed by atoms with Gasteiger partial charge < -0.3 is 10.2 Å². The summed E-state index contributed by atoms with van der Waals surface area (Å²) in [7, 11) is -3.64. The number of hydrogen-bond donors (Lipinski definition) is 1. The molecule has 1 saturated heterocycles. The number of fused-ring (bicyclic) bond motifs is 1. The molecule has 2 aliphatic heterocycles. The number of rotatable bonds is 6. The van der Waals surface area contributed by atoms with E-state index in [1.807, 2.05) is 31.2 Å². The van der Waals surface area contributed by atoms with Crippen LogP contribution >= 0.6 is 11.8 Å². The first-order valence-corrected chi connectivity index (χ1v) is 13.7. The maximum atomic E-state index is 13.2. The molecule has 2 aromatic rings. The number of amides is 2. The average molecular weight is 488 g/mol. The maximum Gasteiger partial charge on any atom is 0.244 e. The summed E-state index contributed by atoms with van der Waals surface area (Å²) in [6.45, 7) is 4.73. The third kappa shape index (κ3) is 5.10. The Labute approximate surface area is 199 Å². The van der Waals surface area contributed by atoms with E-state index in [0.717, 1.165) is 24.2 Å². The highest BCUT2D eigenvalue weighted by Gasteiger charge is 2.33. The van der Waals surface area contributed by atoms with Gasteiger partial charge in [-0.3, -0.25) is 9.59 Å². The van der Waals surface area contributed by atoms with Crippen molar-refractivity contribution in [3.05, 3.63) is 48.0 Å². The zero-order chi connectivity index (χ0) is 23.6. The van der Waals surface area contributed by atoms with Gasteiger partial charge in [-0.15, -0.1) is 11.8 Å². The molecule has 9 heteroatoms. The van der Waals surface area contributed by atoms with Crippen LogP contribution in [0.5, 0.6) is 0 Å². The van der Waals surface area contributed by atoms with Gasteiger partial charge in [0.2, 0.25) is 21.8 Å². The highest BCUT2D eigenvalue weighted by Crippen LogP contribution is 2.38. The Kier molecular flexibility index (Phi) is 7.11. The number of nitrogens with zero attached hydrogens (tertiary/aromatic N) is 2. The van der Waals surface area contributed by atoms with Crippen molar-refractivity contribution in [2.45, 2.75) is 42.9 Å². The SMILES string of the molecule is CCc1ccc(NC(=O)CN2C(=O)[C@@H](C)CSc3ccc(S(=O)(=O)N4CCCC4)cc32)cc1. The Morgan fingerprint density at radius 3 is 2.48 bits per heavy atom. The lowest BCUT2D eigenvalue weighted by atomic mass is 10.1. The number of sulfonamides is 1. The lowest BCUT2D eigenvalue weighted by molar-refractivity contribution is -0.123. The molecule has 7 nitrogen and oxygen atoms in total. The zero-order valence-electron chi connectivity index (χ0n) is 18.9. The lowest BCUT2D eigenvalue weighted by Crippen LogP contribution is -2.41. The van der Waals surface area contributed by atoms with Crippen molar-refractivity contribution in [1.29, 1.82) is 0 Å². The molecule has 0 unspecified atom stereocenters. The van der Waals surface area contributed by atoms with Crippen molar-refractivity contribution in [2.24, 2.45) is 5.92 Å². The standard InChI is InChI=1S/C24H29N3O4S2/c1-3-18-6-8-19(9-7-18)25-23(28)15-27-21-14-20(33(30,31)26-12-4-5-13-26)10-11-22(21)32-16-17(2)24(27)29/h6-11,14,17H,3-5,12-13,15-16H2,1-2H3,(H,25,28)/t17-/m0/s1. The van der Waals surface area contributed by atoms with Crippen molar-refractivity contribution in [1.82, 2.24) is 4.31 Å². The minimum absolute atomic E-state index is 0.159. The van der Waals surface area contributed by atoms with E-state index in [9.17, 15) is 18.0 Å². The predicted octanol–water partition coefficient (Wildman–Crippen LogP) is 3.75. The summed E-state index contributed by atoms with van der Waals surface area (Å²) in [5.74, 6) is -0.239. The van der Waals surface area contributed by atoms with E-state index >= 15 is 0 Å². The van der Waals surface area contributed by atoms with E-state index in [4.69, 9.17) is 0 Å². The van der Waals surface area contributed by atoms with Crippen LogP contribution in [0.25, 0.3) is 0 Å². The topological polar surface area (TPSA) is 86.8 Å². The molecular weight excluding hydrogens is 458 g/mol. The molecule has 0 spiro atoms. The summed E-state index contributed by atoms with van der Waals surface area (Å²) in [6.07, 6.45) is 2.61. The molecule has 1 N–H and O–H groups in total. The fraction of sp³-hybridized carbons (Fsp3) is 0.417. The Balaban J connectivity index is 1.62. The predicted molar refractivity (Wildman–Crippen MR) is 131 cm³/mol. The summed E-state index contributed by atoms with van der Waals surface area (Å²) >= 11 is 1.51. The van der Waals surface area contributed by atoms with Gasteiger partial charge in [-0.1, -0.05) is 26.0 Å². The summed E-state index contributed by atoms with van der Waals surface area (Å²) in [4.78, 5) is 28.4. The number of anilines is 2. The molecule has 1 atom stereocenters. The number of carbonyl (C=O) groups is 2. The van der Waals surface area contributed by atoms with Gasteiger partial charge in [0.25, 0.3) is 0 Å². The minimum atomic E-state index is -3.64. The molecule has 4 rings (SSSR count). The Morgan fingerprint density at radius 2 is 1.82 bits per heavy atom.